The number of nitro benzene ring substituents is 1. The van der Waals surface area contributed by atoms with Gasteiger partial charge in [0.1, 0.15) is 0 Å². The summed E-state index contributed by atoms with van der Waals surface area (Å²) in [6.45, 7) is 4.43. The minimum atomic E-state index is -3.70. The van der Waals surface area contributed by atoms with Crippen molar-refractivity contribution in [3.63, 3.8) is 0 Å². The van der Waals surface area contributed by atoms with Gasteiger partial charge in [-0.25, -0.2) is 8.42 Å². The molecule has 1 fully saturated rings. The number of rotatable bonds is 4. The standard InChI is InChI=1S/C13H18N2O4S2/c1-3-13-10(2)20-8-7-14(13)21(18,19)12-6-4-5-11(9-12)15(16)17/h4-6,9-10,13H,3,7-8H2,1-2H3. The van der Waals surface area contributed by atoms with Crippen molar-refractivity contribution in [2.75, 3.05) is 12.3 Å². The summed E-state index contributed by atoms with van der Waals surface area (Å²) < 4.78 is 27.0. The molecule has 0 bridgehead atoms. The molecule has 1 heterocycles. The molecule has 6 nitrogen and oxygen atoms in total. The summed E-state index contributed by atoms with van der Waals surface area (Å²) >= 11 is 1.76. The molecule has 1 saturated heterocycles. The van der Waals surface area contributed by atoms with Gasteiger partial charge < -0.3 is 0 Å². The lowest BCUT2D eigenvalue weighted by atomic mass is 10.1. The molecule has 0 aliphatic carbocycles. The Kier molecular flexibility index (Phi) is 4.90. The van der Waals surface area contributed by atoms with E-state index in [0.29, 0.717) is 6.54 Å². The zero-order valence-corrected chi connectivity index (χ0v) is 13.6. The summed E-state index contributed by atoms with van der Waals surface area (Å²) in [5.74, 6) is 0.742. The SMILES string of the molecule is CCC1C(C)SCCN1S(=O)(=O)c1cccc([N+](=O)[O-])c1. The molecule has 0 radical (unpaired) electrons. The van der Waals surface area contributed by atoms with E-state index in [-0.39, 0.29) is 21.9 Å². The Bertz CT molecular complexity index is 633. The molecule has 0 amide bonds. The fraction of sp³-hybridized carbons (Fsp3) is 0.538. The van der Waals surface area contributed by atoms with E-state index in [0.717, 1.165) is 18.2 Å². The van der Waals surface area contributed by atoms with Crippen LogP contribution in [-0.4, -0.2) is 41.2 Å². The van der Waals surface area contributed by atoms with Gasteiger partial charge in [0.15, 0.2) is 0 Å². The molecule has 2 rings (SSSR count). The van der Waals surface area contributed by atoms with E-state index in [1.807, 2.05) is 13.8 Å². The second-order valence-electron chi connectivity index (χ2n) is 4.92. The van der Waals surface area contributed by atoms with Gasteiger partial charge in [-0.2, -0.15) is 16.1 Å². The summed E-state index contributed by atoms with van der Waals surface area (Å²) in [6.07, 6.45) is 0.725. The highest BCUT2D eigenvalue weighted by Gasteiger charge is 2.36. The van der Waals surface area contributed by atoms with E-state index in [9.17, 15) is 18.5 Å². The van der Waals surface area contributed by atoms with Crippen LogP contribution in [-0.2, 0) is 10.0 Å². The van der Waals surface area contributed by atoms with Gasteiger partial charge in [-0.15, -0.1) is 0 Å². The lowest BCUT2D eigenvalue weighted by Gasteiger charge is -2.38. The van der Waals surface area contributed by atoms with Gasteiger partial charge >= 0.3 is 0 Å². The van der Waals surface area contributed by atoms with Crippen LogP contribution in [0.5, 0.6) is 0 Å². The zero-order chi connectivity index (χ0) is 15.6. The van der Waals surface area contributed by atoms with E-state index in [4.69, 9.17) is 0 Å². The van der Waals surface area contributed by atoms with Crippen molar-refractivity contribution in [3.8, 4) is 0 Å². The van der Waals surface area contributed by atoms with Crippen molar-refractivity contribution in [3.05, 3.63) is 34.4 Å². The fourth-order valence-corrected chi connectivity index (χ4v) is 5.81. The summed E-state index contributed by atoms with van der Waals surface area (Å²) in [4.78, 5) is 10.2. The van der Waals surface area contributed by atoms with E-state index < -0.39 is 14.9 Å². The largest absolute Gasteiger partial charge is 0.270 e. The third-order valence-corrected chi connectivity index (χ3v) is 6.84. The first-order valence-corrected chi connectivity index (χ1v) is 9.24. The van der Waals surface area contributed by atoms with Crippen LogP contribution >= 0.6 is 11.8 Å². The predicted molar refractivity (Wildman–Crippen MR) is 83.0 cm³/mol. The van der Waals surface area contributed by atoms with E-state index in [2.05, 4.69) is 0 Å². The molecule has 116 valence electrons. The maximum atomic E-state index is 12.8. The summed E-state index contributed by atoms with van der Waals surface area (Å²) in [6, 6.07) is 5.18. The van der Waals surface area contributed by atoms with Gasteiger partial charge in [0.05, 0.1) is 9.82 Å². The van der Waals surface area contributed by atoms with E-state index in [1.54, 1.807) is 11.8 Å². The maximum Gasteiger partial charge on any atom is 0.270 e. The van der Waals surface area contributed by atoms with Crippen molar-refractivity contribution in [1.82, 2.24) is 4.31 Å². The van der Waals surface area contributed by atoms with Gasteiger partial charge in [-0.3, -0.25) is 10.1 Å². The molecule has 1 aromatic rings. The van der Waals surface area contributed by atoms with Crippen LogP contribution in [0.25, 0.3) is 0 Å². The van der Waals surface area contributed by atoms with E-state index >= 15 is 0 Å². The molecule has 1 aliphatic heterocycles. The summed E-state index contributed by atoms with van der Waals surface area (Å²) in [7, 11) is -3.70. The fourth-order valence-electron chi connectivity index (χ4n) is 2.57. The van der Waals surface area contributed by atoms with Crippen LogP contribution < -0.4 is 0 Å². The van der Waals surface area contributed by atoms with E-state index in [1.165, 1.54) is 22.5 Å². The number of nitro groups is 1. The molecule has 8 heteroatoms. The number of hydrogen-bond acceptors (Lipinski definition) is 5. The van der Waals surface area contributed by atoms with Crippen LogP contribution in [0.2, 0.25) is 0 Å². The van der Waals surface area contributed by atoms with Crippen LogP contribution in [0.15, 0.2) is 29.2 Å². The van der Waals surface area contributed by atoms with Crippen LogP contribution in [0, 0.1) is 10.1 Å². The smallest absolute Gasteiger partial charge is 0.258 e. The molecule has 21 heavy (non-hydrogen) atoms. The van der Waals surface area contributed by atoms with Gasteiger partial charge in [-0.1, -0.05) is 19.9 Å². The summed E-state index contributed by atoms with van der Waals surface area (Å²) in [5.41, 5.74) is -0.205. The first-order valence-electron chi connectivity index (χ1n) is 6.75. The van der Waals surface area contributed by atoms with Crippen LogP contribution in [0.1, 0.15) is 20.3 Å². The third kappa shape index (κ3) is 3.22. The Morgan fingerprint density at radius 3 is 2.81 bits per heavy atom. The second kappa shape index (κ2) is 6.33. The van der Waals surface area contributed by atoms with Crippen molar-refractivity contribution < 1.29 is 13.3 Å². The van der Waals surface area contributed by atoms with Crippen molar-refractivity contribution in [1.29, 1.82) is 0 Å². The number of nitrogens with zero attached hydrogens (tertiary/aromatic N) is 2. The number of benzene rings is 1. The van der Waals surface area contributed by atoms with Gasteiger partial charge in [0.25, 0.3) is 5.69 Å². The molecular formula is C13H18N2O4S2. The first-order chi connectivity index (χ1) is 9.87. The molecule has 2 atom stereocenters. The first kappa shape index (κ1) is 16.3. The van der Waals surface area contributed by atoms with Crippen molar-refractivity contribution >= 4 is 27.5 Å². The Labute approximate surface area is 128 Å². The molecule has 0 spiro atoms. The Balaban J connectivity index is 2.41. The molecule has 0 aromatic heterocycles. The van der Waals surface area contributed by atoms with Gasteiger partial charge in [0.2, 0.25) is 10.0 Å². The molecule has 0 saturated carbocycles. The topological polar surface area (TPSA) is 80.5 Å². The highest BCUT2D eigenvalue weighted by atomic mass is 32.2. The number of sulfonamides is 1. The number of non-ortho nitro benzene ring substituents is 1. The lowest BCUT2D eigenvalue weighted by Crippen LogP contribution is -2.49. The lowest BCUT2D eigenvalue weighted by molar-refractivity contribution is -0.385. The maximum absolute atomic E-state index is 12.8. The van der Waals surface area contributed by atoms with Gasteiger partial charge in [0, 0.05) is 35.7 Å². The predicted octanol–water partition coefficient (Wildman–Crippen LogP) is 2.50. The molecule has 1 aromatic carbocycles. The van der Waals surface area contributed by atoms with Crippen molar-refractivity contribution in [2.24, 2.45) is 0 Å². The molecular weight excluding hydrogens is 312 g/mol. The van der Waals surface area contributed by atoms with Gasteiger partial charge in [-0.05, 0) is 12.5 Å². The van der Waals surface area contributed by atoms with Crippen LogP contribution in [0.4, 0.5) is 5.69 Å². The van der Waals surface area contributed by atoms with Crippen LogP contribution in [0.3, 0.4) is 0 Å². The van der Waals surface area contributed by atoms with Crippen molar-refractivity contribution in [2.45, 2.75) is 36.5 Å². The second-order valence-corrected chi connectivity index (χ2v) is 8.30. The molecule has 0 N–H and O–H groups in total. The minimum Gasteiger partial charge on any atom is -0.258 e. The highest BCUT2D eigenvalue weighted by Crippen LogP contribution is 2.32. The minimum absolute atomic E-state index is 0.00532. The number of hydrogen-bond donors (Lipinski definition) is 0. The Morgan fingerprint density at radius 1 is 1.48 bits per heavy atom. The number of thioether (sulfide) groups is 1. The molecule has 2 unspecified atom stereocenters. The summed E-state index contributed by atoms with van der Waals surface area (Å²) in [5, 5.41) is 11.0. The average Bonchev–Trinajstić information content (AvgIpc) is 2.47. The third-order valence-electron chi connectivity index (χ3n) is 3.66. The Morgan fingerprint density at radius 2 is 2.19 bits per heavy atom. The quantitative estimate of drug-likeness (QED) is 0.626. The monoisotopic (exact) mass is 330 g/mol. The normalized spacial score (nSPS) is 23.9. The zero-order valence-electron chi connectivity index (χ0n) is 11.9. The average molecular weight is 330 g/mol. The highest BCUT2D eigenvalue weighted by molar-refractivity contribution is 8.00. The Hall–Kier alpha value is -1.12. The molecule has 1 aliphatic rings.